The largest absolute Gasteiger partial charge is 0.371 e. The third-order valence-corrected chi connectivity index (χ3v) is 4.22. The number of ether oxygens (including phenoxy) is 1. The monoisotopic (exact) mass is 303 g/mol. The number of thioether (sulfide) groups is 1. The van der Waals surface area contributed by atoms with E-state index in [0.29, 0.717) is 11.7 Å². The topological polar surface area (TPSA) is 86.0 Å². The molecule has 2 aromatic heterocycles. The first-order valence-electron chi connectivity index (χ1n) is 6.80. The summed E-state index contributed by atoms with van der Waals surface area (Å²) in [6.07, 6.45) is 3.53. The van der Waals surface area contributed by atoms with E-state index in [9.17, 15) is 0 Å². The second-order valence-corrected chi connectivity index (χ2v) is 5.62. The van der Waals surface area contributed by atoms with Gasteiger partial charge in [0.15, 0.2) is 0 Å². The fourth-order valence-corrected chi connectivity index (χ4v) is 3.12. The molecule has 0 spiro atoms. The van der Waals surface area contributed by atoms with Gasteiger partial charge in [-0.25, -0.2) is 15.0 Å². The molecular weight excluding hydrogens is 286 g/mol. The molecule has 1 atom stereocenters. The maximum absolute atomic E-state index is 5.81. The Balaban J connectivity index is 1.73. The molecule has 0 amide bonds. The average molecular weight is 303 g/mol. The molecule has 1 saturated heterocycles. The summed E-state index contributed by atoms with van der Waals surface area (Å²) in [5.41, 5.74) is 7.62. The van der Waals surface area contributed by atoms with Crippen molar-refractivity contribution in [1.29, 1.82) is 0 Å². The Labute approximate surface area is 127 Å². The van der Waals surface area contributed by atoms with Crippen molar-refractivity contribution in [1.82, 2.24) is 20.3 Å². The van der Waals surface area contributed by atoms with Crippen molar-refractivity contribution in [3.05, 3.63) is 41.9 Å². The first-order valence-corrected chi connectivity index (χ1v) is 7.79. The minimum atomic E-state index is 0.0606. The lowest BCUT2D eigenvalue weighted by Gasteiger charge is -2.25. The number of nitrogens with one attached hydrogen (secondary N) is 1. The molecule has 1 fully saturated rings. The van der Waals surface area contributed by atoms with Gasteiger partial charge in [-0.05, 0) is 12.1 Å². The molecule has 2 aromatic rings. The van der Waals surface area contributed by atoms with Crippen molar-refractivity contribution in [3.63, 3.8) is 0 Å². The van der Waals surface area contributed by atoms with E-state index in [1.165, 1.54) is 0 Å². The first kappa shape index (κ1) is 14.2. The molecule has 3 heterocycles. The smallest absolute Gasteiger partial charge is 0.220 e. The third kappa shape index (κ3) is 3.69. The average Bonchev–Trinajstić information content (AvgIpc) is 2.54. The van der Waals surface area contributed by atoms with Crippen LogP contribution in [-0.2, 0) is 10.5 Å². The van der Waals surface area contributed by atoms with Crippen LogP contribution in [-0.4, -0.2) is 34.6 Å². The van der Waals surface area contributed by atoms with E-state index in [-0.39, 0.29) is 6.10 Å². The van der Waals surface area contributed by atoms with Crippen molar-refractivity contribution in [2.24, 2.45) is 0 Å². The number of nitrogens with zero attached hydrogens (tertiary/aromatic N) is 3. The highest BCUT2D eigenvalue weighted by Crippen LogP contribution is 2.29. The van der Waals surface area contributed by atoms with Gasteiger partial charge >= 0.3 is 0 Å². The number of hydrogen-bond acceptors (Lipinski definition) is 7. The zero-order chi connectivity index (χ0) is 14.5. The first-order chi connectivity index (χ1) is 10.3. The summed E-state index contributed by atoms with van der Waals surface area (Å²) in [4.78, 5) is 12.6. The van der Waals surface area contributed by atoms with Crippen LogP contribution in [0.4, 0.5) is 5.95 Å². The van der Waals surface area contributed by atoms with Gasteiger partial charge in [0.05, 0.1) is 18.4 Å². The number of anilines is 1. The highest BCUT2D eigenvalue weighted by Gasteiger charge is 2.19. The fraction of sp³-hybridized carbons (Fsp3) is 0.357. The highest BCUT2D eigenvalue weighted by atomic mass is 32.2. The van der Waals surface area contributed by atoms with E-state index in [0.717, 1.165) is 36.0 Å². The number of rotatable bonds is 4. The molecule has 110 valence electrons. The van der Waals surface area contributed by atoms with Crippen LogP contribution in [0.1, 0.15) is 17.4 Å². The number of pyridine rings is 1. The predicted molar refractivity (Wildman–Crippen MR) is 81.8 cm³/mol. The second kappa shape index (κ2) is 6.84. The zero-order valence-corrected chi connectivity index (χ0v) is 12.3. The van der Waals surface area contributed by atoms with E-state index < -0.39 is 0 Å². The Bertz CT molecular complexity index is 603. The minimum Gasteiger partial charge on any atom is -0.371 e. The molecule has 3 rings (SSSR count). The molecule has 0 bridgehead atoms. The molecule has 3 N–H and O–H groups in total. The van der Waals surface area contributed by atoms with Gasteiger partial charge in [-0.2, -0.15) is 0 Å². The van der Waals surface area contributed by atoms with E-state index in [1.54, 1.807) is 24.2 Å². The molecule has 0 aliphatic carbocycles. The maximum Gasteiger partial charge on any atom is 0.220 e. The summed E-state index contributed by atoms with van der Waals surface area (Å²) in [6.45, 7) is 2.45. The standard InChI is InChI=1S/C14H17N5OS/c15-14-18-5-3-10(19-14)9-21-13-11(2-1-4-17-13)12-8-16-6-7-20-12/h1-5,12,16H,6-9H2,(H2,15,18,19). The van der Waals surface area contributed by atoms with Crippen LogP contribution in [0.25, 0.3) is 0 Å². The zero-order valence-electron chi connectivity index (χ0n) is 11.5. The second-order valence-electron chi connectivity index (χ2n) is 4.66. The Morgan fingerprint density at radius 2 is 2.29 bits per heavy atom. The highest BCUT2D eigenvalue weighted by molar-refractivity contribution is 7.98. The van der Waals surface area contributed by atoms with Crippen LogP contribution >= 0.6 is 11.8 Å². The molecule has 1 unspecified atom stereocenters. The van der Waals surface area contributed by atoms with Crippen molar-refractivity contribution in [3.8, 4) is 0 Å². The minimum absolute atomic E-state index is 0.0606. The molecular formula is C14H17N5OS. The number of aromatic nitrogens is 3. The van der Waals surface area contributed by atoms with Crippen LogP contribution < -0.4 is 11.1 Å². The normalized spacial score (nSPS) is 18.6. The molecule has 0 saturated carbocycles. The van der Waals surface area contributed by atoms with Gasteiger partial charge in [0, 0.05) is 36.8 Å². The Morgan fingerprint density at radius 1 is 1.33 bits per heavy atom. The van der Waals surface area contributed by atoms with Gasteiger partial charge in [0.1, 0.15) is 5.03 Å². The lowest BCUT2D eigenvalue weighted by Crippen LogP contribution is -2.33. The summed E-state index contributed by atoms with van der Waals surface area (Å²) >= 11 is 1.64. The fourth-order valence-electron chi connectivity index (χ4n) is 2.17. The van der Waals surface area contributed by atoms with Crippen molar-refractivity contribution in [2.75, 3.05) is 25.4 Å². The van der Waals surface area contributed by atoms with Gasteiger partial charge in [0.25, 0.3) is 0 Å². The molecule has 1 aliphatic rings. The number of morpholine rings is 1. The summed E-state index contributed by atoms with van der Waals surface area (Å²) in [6, 6.07) is 5.88. The molecule has 0 radical (unpaired) electrons. The molecule has 21 heavy (non-hydrogen) atoms. The Morgan fingerprint density at radius 3 is 3.10 bits per heavy atom. The van der Waals surface area contributed by atoms with Crippen LogP contribution in [0.5, 0.6) is 0 Å². The Hall–Kier alpha value is -1.70. The quantitative estimate of drug-likeness (QED) is 0.826. The van der Waals surface area contributed by atoms with E-state index in [1.807, 2.05) is 12.1 Å². The van der Waals surface area contributed by atoms with Crippen LogP contribution in [0, 0.1) is 0 Å². The van der Waals surface area contributed by atoms with Crippen LogP contribution in [0.2, 0.25) is 0 Å². The molecule has 1 aliphatic heterocycles. The van der Waals surface area contributed by atoms with Gasteiger partial charge in [-0.1, -0.05) is 17.8 Å². The number of hydrogen-bond donors (Lipinski definition) is 2. The van der Waals surface area contributed by atoms with E-state index in [4.69, 9.17) is 10.5 Å². The van der Waals surface area contributed by atoms with Gasteiger partial charge < -0.3 is 15.8 Å². The van der Waals surface area contributed by atoms with Gasteiger partial charge in [-0.3, -0.25) is 0 Å². The van der Waals surface area contributed by atoms with Crippen molar-refractivity contribution in [2.45, 2.75) is 16.9 Å². The summed E-state index contributed by atoms with van der Waals surface area (Å²) in [7, 11) is 0. The lowest BCUT2D eigenvalue weighted by molar-refractivity contribution is 0.0257. The van der Waals surface area contributed by atoms with Crippen LogP contribution in [0.3, 0.4) is 0 Å². The molecule has 0 aromatic carbocycles. The molecule has 6 nitrogen and oxygen atoms in total. The SMILES string of the molecule is Nc1nccc(CSc2ncccc2C2CNCCO2)n1. The van der Waals surface area contributed by atoms with Crippen molar-refractivity contribution >= 4 is 17.7 Å². The van der Waals surface area contributed by atoms with Gasteiger partial charge in [-0.15, -0.1) is 0 Å². The summed E-state index contributed by atoms with van der Waals surface area (Å²) in [5.74, 6) is 1.01. The Kier molecular flexibility index (Phi) is 4.64. The van der Waals surface area contributed by atoms with Gasteiger partial charge in [0.2, 0.25) is 5.95 Å². The summed E-state index contributed by atoms with van der Waals surface area (Å²) in [5, 5.41) is 4.32. The third-order valence-electron chi connectivity index (χ3n) is 3.16. The predicted octanol–water partition coefficient (Wildman–Crippen LogP) is 1.41. The number of nitrogen functional groups attached to an aromatic ring is 1. The van der Waals surface area contributed by atoms with E-state index in [2.05, 4.69) is 26.3 Å². The lowest BCUT2D eigenvalue weighted by atomic mass is 10.1. The van der Waals surface area contributed by atoms with Crippen molar-refractivity contribution < 1.29 is 4.74 Å². The summed E-state index contributed by atoms with van der Waals surface area (Å²) < 4.78 is 5.81. The van der Waals surface area contributed by atoms with E-state index >= 15 is 0 Å². The molecule has 7 heteroatoms. The number of nitrogens with two attached hydrogens (primary N) is 1. The maximum atomic E-state index is 5.81. The van der Waals surface area contributed by atoms with Crippen LogP contribution in [0.15, 0.2) is 35.6 Å².